The van der Waals surface area contributed by atoms with Crippen molar-refractivity contribution >= 4 is 11.9 Å². The first kappa shape index (κ1) is 16.9. The van der Waals surface area contributed by atoms with Crippen LogP contribution >= 0.6 is 0 Å². The van der Waals surface area contributed by atoms with Crippen LogP contribution in [0.15, 0.2) is 24.3 Å². The molecule has 0 bridgehead atoms. The highest BCUT2D eigenvalue weighted by Gasteiger charge is 2.56. The third kappa shape index (κ3) is 3.71. The fourth-order valence-electron chi connectivity index (χ4n) is 1.89. The van der Waals surface area contributed by atoms with Gasteiger partial charge >= 0.3 is 18.1 Å². The number of hydrogen-bond acceptors (Lipinski definition) is 3. The Balaban J connectivity index is 3.51. The van der Waals surface area contributed by atoms with E-state index >= 15 is 0 Å². The van der Waals surface area contributed by atoms with Crippen LogP contribution in [0.2, 0.25) is 0 Å². The van der Waals surface area contributed by atoms with Crippen molar-refractivity contribution in [2.45, 2.75) is 24.9 Å². The highest BCUT2D eigenvalue weighted by Crippen LogP contribution is 2.38. The summed E-state index contributed by atoms with van der Waals surface area (Å²) in [6, 6.07) is 3.48. The Bertz CT molecular complexity index is 541. The van der Waals surface area contributed by atoms with Crippen LogP contribution in [0.3, 0.4) is 0 Å². The van der Waals surface area contributed by atoms with Gasteiger partial charge in [-0.25, -0.2) is 4.39 Å². The Morgan fingerprint density at radius 2 is 1.90 bits per heavy atom. The number of ether oxygens (including phenoxy) is 1. The standard InChI is InChI=1S/C13H12F4O4/c1-2-21-11(20)12(10(18)19,7-13(15,16)17)8-4-3-5-9(14)6-8/h3-6H,2,7H2,1H3,(H,18,19). The molecule has 0 fully saturated rings. The van der Waals surface area contributed by atoms with Crippen LogP contribution in [0.4, 0.5) is 17.6 Å². The van der Waals surface area contributed by atoms with E-state index in [4.69, 9.17) is 0 Å². The summed E-state index contributed by atoms with van der Waals surface area (Å²) in [5.41, 5.74) is -3.65. The number of carboxylic acid groups (broad SMARTS) is 1. The van der Waals surface area contributed by atoms with Crippen LogP contribution in [0.1, 0.15) is 18.9 Å². The Morgan fingerprint density at radius 3 is 2.33 bits per heavy atom. The van der Waals surface area contributed by atoms with Crippen LogP contribution in [-0.2, 0) is 19.7 Å². The Labute approximate surface area is 117 Å². The molecular weight excluding hydrogens is 296 g/mol. The summed E-state index contributed by atoms with van der Waals surface area (Å²) in [6.45, 7) is 1.02. The largest absolute Gasteiger partial charge is 0.480 e. The van der Waals surface area contributed by atoms with Crippen molar-refractivity contribution in [3.63, 3.8) is 0 Å². The number of halogens is 4. The maximum atomic E-state index is 13.2. The van der Waals surface area contributed by atoms with Gasteiger partial charge in [-0.1, -0.05) is 12.1 Å². The number of hydrogen-bond donors (Lipinski definition) is 1. The maximum absolute atomic E-state index is 13.2. The van der Waals surface area contributed by atoms with Crippen molar-refractivity contribution in [3.8, 4) is 0 Å². The minimum atomic E-state index is -4.96. The molecule has 4 nitrogen and oxygen atoms in total. The molecular formula is C13H12F4O4. The van der Waals surface area contributed by atoms with Crippen LogP contribution in [0.5, 0.6) is 0 Å². The average molecular weight is 308 g/mol. The van der Waals surface area contributed by atoms with Gasteiger partial charge in [0.1, 0.15) is 5.82 Å². The lowest BCUT2D eigenvalue weighted by Gasteiger charge is -2.28. The van der Waals surface area contributed by atoms with Gasteiger partial charge in [0.25, 0.3) is 0 Å². The van der Waals surface area contributed by atoms with Gasteiger partial charge < -0.3 is 9.84 Å². The molecule has 0 aromatic heterocycles. The molecule has 0 saturated carbocycles. The summed E-state index contributed by atoms with van der Waals surface area (Å²) >= 11 is 0. The van der Waals surface area contributed by atoms with E-state index in [1.807, 2.05) is 0 Å². The van der Waals surface area contributed by atoms with Gasteiger partial charge in [0.2, 0.25) is 0 Å². The zero-order valence-electron chi connectivity index (χ0n) is 10.9. The Hall–Kier alpha value is -2.12. The van der Waals surface area contributed by atoms with Gasteiger partial charge in [-0.3, -0.25) is 9.59 Å². The molecule has 0 heterocycles. The van der Waals surface area contributed by atoms with Gasteiger partial charge in [0, 0.05) is 0 Å². The van der Waals surface area contributed by atoms with E-state index in [0.717, 1.165) is 18.2 Å². The van der Waals surface area contributed by atoms with Gasteiger partial charge in [-0.15, -0.1) is 0 Å². The van der Waals surface area contributed by atoms with Crippen LogP contribution in [0, 0.1) is 5.82 Å². The number of carbonyl (C=O) groups is 2. The lowest BCUT2D eigenvalue weighted by molar-refractivity contribution is -0.182. The molecule has 0 aliphatic heterocycles. The smallest absolute Gasteiger partial charge is 0.391 e. The summed E-state index contributed by atoms with van der Waals surface area (Å²) in [5, 5.41) is 9.21. The summed E-state index contributed by atoms with van der Waals surface area (Å²) in [4.78, 5) is 23.3. The van der Waals surface area contributed by atoms with Crippen LogP contribution < -0.4 is 0 Å². The number of carboxylic acids is 1. The topological polar surface area (TPSA) is 63.6 Å². The predicted octanol–water partition coefficient (Wildman–Crippen LogP) is 2.66. The normalized spacial score (nSPS) is 14.3. The number of carbonyl (C=O) groups excluding carboxylic acids is 1. The summed E-state index contributed by atoms with van der Waals surface area (Å²) < 4.78 is 55.9. The molecule has 21 heavy (non-hydrogen) atoms. The van der Waals surface area contributed by atoms with Crippen molar-refractivity contribution in [2.75, 3.05) is 6.61 Å². The number of benzene rings is 1. The first-order valence-corrected chi connectivity index (χ1v) is 5.87. The molecule has 1 aromatic carbocycles. The van der Waals surface area contributed by atoms with E-state index in [1.165, 1.54) is 6.92 Å². The molecule has 1 aromatic rings. The molecule has 1 unspecified atom stereocenters. The zero-order valence-corrected chi connectivity index (χ0v) is 10.9. The molecule has 0 spiro atoms. The highest BCUT2D eigenvalue weighted by molar-refractivity contribution is 6.05. The third-order valence-electron chi connectivity index (χ3n) is 2.77. The minimum Gasteiger partial charge on any atom is -0.480 e. The average Bonchev–Trinajstić information content (AvgIpc) is 2.34. The van der Waals surface area contributed by atoms with E-state index in [2.05, 4.69) is 4.74 Å². The molecule has 0 aliphatic carbocycles. The third-order valence-corrected chi connectivity index (χ3v) is 2.77. The van der Waals surface area contributed by atoms with Crippen LogP contribution in [0.25, 0.3) is 0 Å². The summed E-state index contributed by atoms with van der Waals surface area (Å²) in [7, 11) is 0. The molecule has 0 radical (unpaired) electrons. The van der Waals surface area contributed by atoms with E-state index in [1.54, 1.807) is 0 Å². The lowest BCUT2D eigenvalue weighted by Crippen LogP contribution is -2.48. The Kier molecular flexibility index (Phi) is 4.93. The first-order chi connectivity index (χ1) is 9.63. The van der Waals surface area contributed by atoms with Crippen LogP contribution in [-0.4, -0.2) is 29.8 Å². The van der Waals surface area contributed by atoms with Gasteiger partial charge in [-0.2, -0.15) is 13.2 Å². The van der Waals surface area contributed by atoms with Gasteiger partial charge in [0.15, 0.2) is 5.41 Å². The molecule has 0 saturated heterocycles. The molecule has 0 amide bonds. The quantitative estimate of drug-likeness (QED) is 0.516. The maximum Gasteiger partial charge on any atom is 0.391 e. The van der Waals surface area contributed by atoms with E-state index in [9.17, 15) is 32.3 Å². The van der Waals surface area contributed by atoms with E-state index in [-0.39, 0.29) is 6.61 Å². The van der Waals surface area contributed by atoms with Gasteiger partial charge in [-0.05, 0) is 24.6 Å². The van der Waals surface area contributed by atoms with E-state index in [0.29, 0.717) is 6.07 Å². The molecule has 1 rings (SSSR count). The predicted molar refractivity (Wildman–Crippen MR) is 63.0 cm³/mol. The van der Waals surface area contributed by atoms with Crippen molar-refractivity contribution < 1.29 is 37.0 Å². The fraction of sp³-hybridized carbons (Fsp3) is 0.385. The summed E-state index contributed by atoms with van der Waals surface area (Å²) in [6.07, 6.45) is -6.95. The minimum absolute atomic E-state index is 0.305. The number of alkyl halides is 3. The number of esters is 1. The lowest BCUT2D eigenvalue weighted by atomic mass is 9.77. The van der Waals surface area contributed by atoms with Crippen molar-refractivity contribution in [2.24, 2.45) is 0 Å². The van der Waals surface area contributed by atoms with Crippen molar-refractivity contribution in [3.05, 3.63) is 35.6 Å². The van der Waals surface area contributed by atoms with Crippen molar-refractivity contribution in [1.29, 1.82) is 0 Å². The molecule has 8 heteroatoms. The zero-order chi connectivity index (χ0) is 16.3. The second kappa shape index (κ2) is 6.11. The second-order valence-electron chi connectivity index (χ2n) is 4.23. The number of rotatable bonds is 5. The van der Waals surface area contributed by atoms with E-state index < -0.39 is 41.3 Å². The highest BCUT2D eigenvalue weighted by atomic mass is 19.4. The molecule has 116 valence electrons. The molecule has 1 N–H and O–H groups in total. The van der Waals surface area contributed by atoms with Crippen molar-refractivity contribution in [1.82, 2.24) is 0 Å². The SMILES string of the molecule is CCOC(=O)C(CC(F)(F)F)(C(=O)O)c1cccc(F)c1. The fourth-order valence-corrected chi connectivity index (χ4v) is 1.89. The number of aliphatic carboxylic acids is 1. The first-order valence-electron chi connectivity index (χ1n) is 5.87. The molecule has 0 aliphatic rings. The molecule has 1 atom stereocenters. The summed E-state index contributed by atoms with van der Waals surface area (Å²) in [5.74, 6) is -4.59. The second-order valence-corrected chi connectivity index (χ2v) is 4.23. The monoisotopic (exact) mass is 308 g/mol. The van der Waals surface area contributed by atoms with Gasteiger partial charge in [0.05, 0.1) is 13.0 Å². The Morgan fingerprint density at radius 1 is 1.29 bits per heavy atom.